The predicted octanol–water partition coefficient (Wildman–Crippen LogP) is 1.02. The van der Waals surface area contributed by atoms with Crippen molar-refractivity contribution in [2.45, 2.75) is 26.3 Å². The van der Waals surface area contributed by atoms with Gasteiger partial charge in [-0.3, -0.25) is 4.98 Å². The summed E-state index contributed by atoms with van der Waals surface area (Å²) in [6.45, 7) is 5.25. The monoisotopic (exact) mass is 210 g/mol. The van der Waals surface area contributed by atoms with Gasteiger partial charge in [-0.05, 0) is 13.3 Å². The maximum atomic E-state index is 5.78. The van der Waals surface area contributed by atoms with Crippen molar-refractivity contribution >= 4 is 5.82 Å². The van der Waals surface area contributed by atoms with Crippen molar-refractivity contribution in [1.29, 1.82) is 0 Å². The molecule has 0 aliphatic rings. The molecule has 0 bridgehead atoms. The molecule has 5 nitrogen and oxygen atoms in total. The molecule has 5 heteroatoms. The van der Waals surface area contributed by atoms with Gasteiger partial charge in [-0.15, -0.1) is 0 Å². The molecule has 1 unspecified atom stereocenters. The molecule has 0 amide bonds. The molecule has 1 aromatic rings. The highest BCUT2D eigenvalue weighted by atomic mass is 16.5. The minimum Gasteiger partial charge on any atom is -0.477 e. The third-order valence-corrected chi connectivity index (χ3v) is 1.97. The molecule has 3 N–H and O–H groups in total. The Morgan fingerprint density at radius 1 is 1.47 bits per heavy atom. The molecule has 0 saturated heterocycles. The largest absolute Gasteiger partial charge is 0.477 e. The maximum Gasteiger partial charge on any atom is 0.234 e. The first-order valence-corrected chi connectivity index (χ1v) is 5.20. The first-order valence-electron chi connectivity index (χ1n) is 5.20. The topological polar surface area (TPSA) is 73.1 Å². The summed E-state index contributed by atoms with van der Waals surface area (Å²) in [6.07, 6.45) is 4.19. The number of nitrogens with two attached hydrogens (primary N) is 1. The van der Waals surface area contributed by atoms with Gasteiger partial charge in [-0.2, -0.15) is 4.98 Å². The van der Waals surface area contributed by atoms with Crippen molar-refractivity contribution in [3.63, 3.8) is 0 Å². The molecule has 0 aliphatic carbocycles. The van der Waals surface area contributed by atoms with Crippen LogP contribution in [0.15, 0.2) is 12.4 Å². The van der Waals surface area contributed by atoms with Crippen LogP contribution in [0.3, 0.4) is 0 Å². The normalized spacial score (nSPS) is 12.2. The van der Waals surface area contributed by atoms with E-state index in [0.717, 1.165) is 6.42 Å². The van der Waals surface area contributed by atoms with Crippen molar-refractivity contribution in [2.75, 3.05) is 18.5 Å². The van der Waals surface area contributed by atoms with Crippen LogP contribution in [0.1, 0.15) is 20.3 Å². The standard InChI is InChI=1S/C10H18N4O/c1-3-8(11)5-13-9-6-12-7-10(14-9)15-4-2/h6-8H,3-5,11H2,1-2H3,(H,13,14). The number of rotatable bonds is 6. The van der Waals surface area contributed by atoms with Crippen LogP contribution in [0.25, 0.3) is 0 Å². The van der Waals surface area contributed by atoms with Gasteiger partial charge in [0, 0.05) is 12.6 Å². The highest BCUT2D eigenvalue weighted by Gasteiger charge is 2.01. The fraction of sp³-hybridized carbons (Fsp3) is 0.600. The van der Waals surface area contributed by atoms with E-state index in [4.69, 9.17) is 10.5 Å². The highest BCUT2D eigenvalue weighted by Crippen LogP contribution is 2.08. The number of anilines is 1. The van der Waals surface area contributed by atoms with Crippen LogP contribution in [0.2, 0.25) is 0 Å². The van der Waals surface area contributed by atoms with E-state index in [1.54, 1.807) is 12.4 Å². The van der Waals surface area contributed by atoms with E-state index in [2.05, 4.69) is 22.2 Å². The van der Waals surface area contributed by atoms with E-state index >= 15 is 0 Å². The van der Waals surface area contributed by atoms with Gasteiger partial charge in [0.2, 0.25) is 5.88 Å². The van der Waals surface area contributed by atoms with Gasteiger partial charge in [0.05, 0.1) is 19.0 Å². The minimum absolute atomic E-state index is 0.141. The van der Waals surface area contributed by atoms with E-state index in [9.17, 15) is 0 Å². The Bertz CT molecular complexity index is 293. The van der Waals surface area contributed by atoms with E-state index in [1.807, 2.05) is 6.92 Å². The molecule has 1 aromatic heterocycles. The molecule has 0 radical (unpaired) electrons. The average Bonchev–Trinajstić information content (AvgIpc) is 2.27. The fourth-order valence-corrected chi connectivity index (χ4v) is 1.03. The van der Waals surface area contributed by atoms with Crippen molar-refractivity contribution in [3.8, 4) is 5.88 Å². The number of ether oxygens (including phenoxy) is 1. The Balaban J connectivity index is 2.50. The van der Waals surface area contributed by atoms with Gasteiger partial charge in [-0.25, -0.2) is 0 Å². The summed E-state index contributed by atoms with van der Waals surface area (Å²) in [4.78, 5) is 8.23. The lowest BCUT2D eigenvalue weighted by atomic mass is 10.2. The van der Waals surface area contributed by atoms with E-state index < -0.39 is 0 Å². The first-order chi connectivity index (χ1) is 7.26. The molecule has 1 heterocycles. The molecular formula is C10H18N4O. The molecule has 15 heavy (non-hydrogen) atoms. The SMILES string of the molecule is CCOc1cncc(NCC(N)CC)n1. The number of hydrogen-bond donors (Lipinski definition) is 2. The summed E-state index contributed by atoms with van der Waals surface area (Å²) < 4.78 is 5.23. The highest BCUT2D eigenvalue weighted by molar-refractivity contribution is 5.33. The molecule has 0 fully saturated rings. The van der Waals surface area contributed by atoms with Crippen LogP contribution in [0.4, 0.5) is 5.82 Å². The summed E-state index contributed by atoms with van der Waals surface area (Å²) in [6, 6.07) is 0.141. The van der Waals surface area contributed by atoms with Crippen LogP contribution < -0.4 is 15.8 Å². The van der Waals surface area contributed by atoms with Crippen molar-refractivity contribution < 1.29 is 4.74 Å². The molecule has 1 rings (SSSR count). The van der Waals surface area contributed by atoms with Gasteiger partial charge in [0.25, 0.3) is 0 Å². The van der Waals surface area contributed by atoms with Crippen molar-refractivity contribution in [2.24, 2.45) is 5.73 Å². The van der Waals surface area contributed by atoms with Crippen LogP contribution in [0.5, 0.6) is 5.88 Å². The maximum absolute atomic E-state index is 5.78. The molecule has 0 aromatic carbocycles. The van der Waals surface area contributed by atoms with Crippen LogP contribution >= 0.6 is 0 Å². The molecular weight excluding hydrogens is 192 g/mol. The lowest BCUT2D eigenvalue weighted by molar-refractivity contribution is 0.325. The Morgan fingerprint density at radius 3 is 2.93 bits per heavy atom. The summed E-state index contributed by atoms with van der Waals surface area (Å²) >= 11 is 0. The fourth-order valence-electron chi connectivity index (χ4n) is 1.03. The number of aromatic nitrogens is 2. The van der Waals surface area contributed by atoms with Gasteiger partial charge >= 0.3 is 0 Å². The summed E-state index contributed by atoms with van der Waals surface area (Å²) in [5.74, 6) is 1.23. The molecule has 1 atom stereocenters. The quantitative estimate of drug-likeness (QED) is 0.733. The zero-order chi connectivity index (χ0) is 11.1. The minimum atomic E-state index is 0.141. The smallest absolute Gasteiger partial charge is 0.234 e. The third-order valence-electron chi connectivity index (χ3n) is 1.97. The van der Waals surface area contributed by atoms with E-state index in [1.165, 1.54) is 0 Å². The lowest BCUT2D eigenvalue weighted by Crippen LogP contribution is -2.28. The Morgan fingerprint density at radius 2 is 2.27 bits per heavy atom. The number of hydrogen-bond acceptors (Lipinski definition) is 5. The summed E-state index contributed by atoms with van der Waals surface area (Å²) in [5, 5.41) is 3.12. The Hall–Kier alpha value is -1.36. The Labute approximate surface area is 90.1 Å². The number of nitrogens with zero attached hydrogens (tertiary/aromatic N) is 2. The van der Waals surface area contributed by atoms with Crippen molar-refractivity contribution in [1.82, 2.24) is 9.97 Å². The van der Waals surface area contributed by atoms with Gasteiger partial charge in [-0.1, -0.05) is 6.92 Å². The lowest BCUT2D eigenvalue weighted by Gasteiger charge is -2.11. The molecule has 0 aliphatic heterocycles. The van der Waals surface area contributed by atoms with Crippen LogP contribution in [0, 0.1) is 0 Å². The Kier molecular flexibility index (Phi) is 4.83. The first kappa shape index (κ1) is 11.7. The second kappa shape index (κ2) is 6.19. The summed E-state index contributed by atoms with van der Waals surface area (Å²) in [7, 11) is 0. The van der Waals surface area contributed by atoms with Crippen molar-refractivity contribution in [3.05, 3.63) is 12.4 Å². The third kappa shape index (κ3) is 4.12. The van der Waals surface area contributed by atoms with Crippen LogP contribution in [-0.2, 0) is 0 Å². The second-order valence-electron chi connectivity index (χ2n) is 3.22. The van der Waals surface area contributed by atoms with Crippen LogP contribution in [-0.4, -0.2) is 29.2 Å². The molecule has 84 valence electrons. The zero-order valence-corrected chi connectivity index (χ0v) is 9.23. The molecule has 0 saturated carbocycles. The predicted molar refractivity (Wildman–Crippen MR) is 60.0 cm³/mol. The number of nitrogens with one attached hydrogen (secondary N) is 1. The van der Waals surface area contributed by atoms with Gasteiger partial charge in [0.15, 0.2) is 0 Å². The van der Waals surface area contributed by atoms with E-state index in [0.29, 0.717) is 24.8 Å². The zero-order valence-electron chi connectivity index (χ0n) is 9.23. The second-order valence-corrected chi connectivity index (χ2v) is 3.22. The van der Waals surface area contributed by atoms with Gasteiger partial charge < -0.3 is 15.8 Å². The van der Waals surface area contributed by atoms with Gasteiger partial charge in [0.1, 0.15) is 5.82 Å². The molecule has 0 spiro atoms. The average molecular weight is 210 g/mol. The summed E-state index contributed by atoms with van der Waals surface area (Å²) in [5.41, 5.74) is 5.78. The van der Waals surface area contributed by atoms with E-state index in [-0.39, 0.29) is 6.04 Å².